The first-order valence-electron chi connectivity index (χ1n) is 5.48. The Kier molecular flexibility index (Phi) is 4.71. The summed E-state index contributed by atoms with van der Waals surface area (Å²) < 4.78 is 13.0. The van der Waals surface area contributed by atoms with E-state index in [0.29, 0.717) is 6.42 Å². The highest BCUT2D eigenvalue weighted by Crippen LogP contribution is 2.27. The molecule has 0 heterocycles. The lowest BCUT2D eigenvalue weighted by Crippen LogP contribution is -2.26. The molecule has 1 aromatic carbocycles. The summed E-state index contributed by atoms with van der Waals surface area (Å²) in [4.78, 5) is 0. The topological polar surface area (TPSA) is 66.5 Å². The predicted octanol–water partition coefficient (Wildman–Crippen LogP) is 2.08. The van der Waals surface area contributed by atoms with E-state index in [2.05, 4.69) is 0 Å². The third-order valence-electron chi connectivity index (χ3n) is 2.62. The van der Waals surface area contributed by atoms with Crippen molar-refractivity contribution in [3.8, 4) is 5.75 Å². The Morgan fingerprint density at radius 1 is 1.44 bits per heavy atom. The van der Waals surface area contributed by atoms with Crippen LogP contribution in [0.1, 0.15) is 37.8 Å². The molecule has 0 saturated heterocycles. The summed E-state index contributed by atoms with van der Waals surface area (Å²) in [5.41, 5.74) is 6.03. The Hall–Kier alpha value is -1.13. The van der Waals surface area contributed by atoms with Crippen molar-refractivity contribution in [2.75, 3.05) is 0 Å². The minimum atomic E-state index is -0.757. The van der Waals surface area contributed by atoms with Gasteiger partial charge in [-0.25, -0.2) is 4.39 Å². The number of phenols is 1. The van der Waals surface area contributed by atoms with Crippen LogP contribution in [-0.4, -0.2) is 16.3 Å². The summed E-state index contributed by atoms with van der Waals surface area (Å²) in [6.07, 6.45) is 1.60. The second kappa shape index (κ2) is 5.82. The third-order valence-corrected chi connectivity index (χ3v) is 2.62. The second-order valence-corrected chi connectivity index (χ2v) is 3.94. The first kappa shape index (κ1) is 12.9. The highest BCUT2D eigenvalue weighted by atomic mass is 19.1. The van der Waals surface area contributed by atoms with E-state index in [4.69, 9.17) is 5.73 Å². The number of hydrogen-bond donors (Lipinski definition) is 3. The fourth-order valence-corrected chi connectivity index (χ4v) is 1.59. The van der Waals surface area contributed by atoms with Crippen molar-refractivity contribution >= 4 is 0 Å². The average Bonchev–Trinajstić information content (AvgIpc) is 2.28. The zero-order chi connectivity index (χ0) is 12.1. The van der Waals surface area contributed by atoms with Gasteiger partial charge in [-0.3, -0.25) is 0 Å². The maximum absolute atomic E-state index is 13.0. The Bertz CT molecular complexity index is 344. The fraction of sp³-hybridized carbons (Fsp3) is 0.500. The lowest BCUT2D eigenvalue weighted by atomic mass is 9.97. The van der Waals surface area contributed by atoms with Gasteiger partial charge in [-0.2, -0.15) is 0 Å². The molecular weight excluding hydrogens is 209 g/mol. The molecule has 0 aliphatic carbocycles. The van der Waals surface area contributed by atoms with Gasteiger partial charge in [0, 0.05) is 5.56 Å². The van der Waals surface area contributed by atoms with E-state index in [9.17, 15) is 14.6 Å². The standard InChI is InChI=1S/C12H18FNO2/c1-2-3-4-11(16)12(14)9-7-8(13)5-6-10(9)15/h5-7,11-12,15-16H,2-4,14H2,1H3/t11-,12+/m0/s1. The molecule has 3 nitrogen and oxygen atoms in total. The monoisotopic (exact) mass is 227 g/mol. The Morgan fingerprint density at radius 2 is 2.12 bits per heavy atom. The smallest absolute Gasteiger partial charge is 0.123 e. The number of unbranched alkanes of at least 4 members (excludes halogenated alkanes) is 1. The highest BCUT2D eigenvalue weighted by molar-refractivity contribution is 5.35. The van der Waals surface area contributed by atoms with E-state index >= 15 is 0 Å². The van der Waals surface area contributed by atoms with Crippen LogP contribution in [0.3, 0.4) is 0 Å². The molecular formula is C12H18FNO2. The van der Waals surface area contributed by atoms with Crippen molar-refractivity contribution in [2.45, 2.75) is 38.3 Å². The van der Waals surface area contributed by atoms with E-state index in [1.165, 1.54) is 6.07 Å². The number of phenolic OH excluding ortho intramolecular Hbond substituents is 1. The summed E-state index contributed by atoms with van der Waals surface area (Å²) in [5.74, 6) is -0.546. The number of aromatic hydroxyl groups is 1. The first-order valence-corrected chi connectivity index (χ1v) is 5.48. The van der Waals surface area contributed by atoms with Gasteiger partial charge >= 0.3 is 0 Å². The molecule has 4 heteroatoms. The molecule has 0 unspecified atom stereocenters. The quantitative estimate of drug-likeness (QED) is 0.721. The molecule has 0 aliphatic rings. The molecule has 0 aliphatic heterocycles. The van der Waals surface area contributed by atoms with Crippen LogP contribution in [0.2, 0.25) is 0 Å². The SMILES string of the molecule is CCCC[C@H](O)[C@H](N)c1cc(F)ccc1O. The van der Waals surface area contributed by atoms with Crippen molar-refractivity contribution in [1.82, 2.24) is 0 Å². The van der Waals surface area contributed by atoms with Gasteiger partial charge in [0.2, 0.25) is 0 Å². The fourth-order valence-electron chi connectivity index (χ4n) is 1.59. The normalized spacial score (nSPS) is 14.8. The first-order chi connectivity index (χ1) is 7.56. The Morgan fingerprint density at radius 3 is 2.75 bits per heavy atom. The number of halogens is 1. The summed E-state index contributed by atoms with van der Waals surface area (Å²) in [6.45, 7) is 2.01. The van der Waals surface area contributed by atoms with Gasteiger partial charge in [0.05, 0.1) is 12.1 Å². The number of rotatable bonds is 5. The van der Waals surface area contributed by atoms with Crippen LogP contribution < -0.4 is 5.73 Å². The molecule has 2 atom stereocenters. The summed E-state index contributed by atoms with van der Waals surface area (Å²) >= 11 is 0. The Labute approximate surface area is 94.7 Å². The lowest BCUT2D eigenvalue weighted by Gasteiger charge is -2.19. The van der Waals surface area contributed by atoms with Gasteiger partial charge < -0.3 is 15.9 Å². The number of nitrogens with two attached hydrogens (primary N) is 1. The molecule has 4 N–H and O–H groups in total. The Balaban J connectivity index is 2.78. The van der Waals surface area contributed by atoms with Crippen molar-refractivity contribution in [3.63, 3.8) is 0 Å². The summed E-state index contributed by atoms with van der Waals surface area (Å²) in [5, 5.41) is 19.3. The van der Waals surface area contributed by atoms with Gasteiger partial charge in [0.15, 0.2) is 0 Å². The molecule has 1 aromatic rings. The molecule has 16 heavy (non-hydrogen) atoms. The van der Waals surface area contributed by atoms with E-state index in [1.807, 2.05) is 6.92 Å². The molecule has 0 saturated carbocycles. The molecule has 0 bridgehead atoms. The van der Waals surface area contributed by atoms with Gasteiger partial charge in [0.1, 0.15) is 11.6 Å². The minimum Gasteiger partial charge on any atom is -0.508 e. The van der Waals surface area contributed by atoms with Crippen LogP contribution in [0.15, 0.2) is 18.2 Å². The van der Waals surface area contributed by atoms with E-state index in [1.54, 1.807) is 0 Å². The van der Waals surface area contributed by atoms with Crippen LogP contribution in [0, 0.1) is 5.82 Å². The number of aliphatic hydroxyl groups excluding tert-OH is 1. The van der Waals surface area contributed by atoms with E-state index in [-0.39, 0.29) is 11.3 Å². The predicted molar refractivity (Wildman–Crippen MR) is 60.5 cm³/mol. The summed E-state index contributed by atoms with van der Waals surface area (Å²) in [6, 6.07) is 2.82. The van der Waals surface area contributed by atoms with Gasteiger partial charge in [-0.15, -0.1) is 0 Å². The molecule has 0 amide bonds. The lowest BCUT2D eigenvalue weighted by molar-refractivity contribution is 0.131. The molecule has 90 valence electrons. The van der Waals surface area contributed by atoms with E-state index in [0.717, 1.165) is 25.0 Å². The highest BCUT2D eigenvalue weighted by Gasteiger charge is 2.19. The zero-order valence-corrected chi connectivity index (χ0v) is 9.36. The van der Waals surface area contributed by atoms with Gasteiger partial charge in [-0.05, 0) is 24.6 Å². The number of benzene rings is 1. The van der Waals surface area contributed by atoms with Crippen LogP contribution in [0.4, 0.5) is 4.39 Å². The summed E-state index contributed by atoms with van der Waals surface area (Å²) in [7, 11) is 0. The van der Waals surface area contributed by atoms with Crippen molar-refractivity contribution < 1.29 is 14.6 Å². The molecule has 0 aromatic heterocycles. The average molecular weight is 227 g/mol. The second-order valence-electron chi connectivity index (χ2n) is 3.94. The van der Waals surface area contributed by atoms with E-state index < -0.39 is 18.0 Å². The number of aliphatic hydroxyl groups is 1. The molecule has 0 radical (unpaired) electrons. The van der Waals surface area contributed by atoms with Gasteiger partial charge in [-0.1, -0.05) is 19.8 Å². The largest absolute Gasteiger partial charge is 0.508 e. The maximum atomic E-state index is 13.0. The maximum Gasteiger partial charge on any atom is 0.123 e. The van der Waals surface area contributed by atoms with Crippen LogP contribution in [0.25, 0.3) is 0 Å². The third kappa shape index (κ3) is 3.18. The van der Waals surface area contributed by atoms with Crippen LogP contribution in [0.5, 0.6) is 5.75 Å². The molecule has 0 spiro atoms. The molecule has 1 rings (SSSR count). The molecule has 0 fully saturated rings. The zero-order valence-electron chi connectivity index (χ0n) is 9.36. The van der Waals surface area contributed by atoms with Crippen LogP contribution in [-0.2, 0) is 0 Å². The van der Waals surface area contributed by atoms with Crippen molar-refractivity contribution in [2.24, 2.45) is 5.73 Å². The van der Waals surface area contributed by atoms with Crippen LogP contribution >= 0.6 is 0 Å². The van der Waals surface area contributed by atoms with Crippen molar-refractivity contribution in [3.05, 3.63) is 29.6 Å². The minimum absolute atomic E-state index is 0.0792. The van der Waals surface area contributed by atoms with Crippen molar-refractivity contribution in [1.29, 1.82) is 0 Å². The number of hydrogen-bond acceptors (Lipinski definition) is 3. The van der Waals surface area contributed by atoms with Gasteiger partial charge in [0.25, 0.3) is 0 Å².